The van der Waals surface area contributed by atoms with Crippen LogP contribution in [0, 0.1) is 24.1 Å². The lowest BCUT2D eigenvalue weighted by molar-refractivity contribution is 0.567. The molecular weight excluding hydrogens is 281 g/mol. The number of nitrogens with zero attached hydrogens (tertiary/aromatic N) is 3. The van der Waals surface area contributed by atoms with Crippen LogP contribution >= 0.6 is 0 Å². The smallest absolute Gasteiger partial charge is 0.273 e. The van der Waals surface area contributed by atoms with Gasteiger partial charge in [-0.1, -0.05) is 0 Å². The van der Waals surface area contributed by atoms with Gasteiger partial charge in [0.15, 0.2) is 0 Å². The Kier molecular flexibility index (Phi) is 4.42. The van der Waals surface area contributed by atoms with E-state index in [0.29, 0.717) is 16.9 Å². The fourth-order valence-corrected chi connectivity index (χ4v) is 2.14. The van der Waals surface area contributed by atoms with E-state index in [1.165, 1.54) is 28.8 Å². The van der Waals surface area contributed by atoms with Crippen molar-refractivity contribution in [2.24, 2.45) is 0 Å². The van der Waals surface area contributed by atoms with Crippen LogP contribution in [-0.4, -0.2) is 23.6 Å². The van der Waals surface area contributed by atoms with Gasteiger partial charge in [-0.3, -0.25) is 9.36 Å². The van der Waals surface area contributed by atoms with Crippen molar-refractivity contribution >= 4 is 6.08 Å². The first kappa shape index (κ1) is 15.5. The lowest BCUT2D eigenvalue weighted by Crippen LogP contribution is -2.24. The molecule has 0 atom stereocenters. The summed E-state index contributed by atoms with van der Waals surface area (Å²) in [6.45, 7) is 1.78. The van der Waals surface area contributed by atoms with Crippen molar-refractivity contribution in [2.45, 2.75) is 6.92 Å². The number of rotatable bonds is 3. The number of nitriles is 1. The summed E-state index contributed by atoms with van der Waals surface area (Å²) < 4.78 is 14.4. The van der Waals surface area contributed by atoms with E-state index in [1.807, 2.05) is 25.1 Å². The van der Waals surface area contributed by atoms with Crippen LogP contribution in [0.2, 0.25) is 0 Å². The number of hydrogen-bond acceptors (Lipinski definition) is 3. The average Bonchev–Trinajstić information content (AvgIpc) is 2.47. The van der Waals surface area contributed by atoms with Crippen molar-refractivity contribution in [3.63, 3.8) is 0 Å². The van der Waals surface area contributed by atoms with Crippen LogP contribution in [0.4, 0.5) is 4.39 Å². The number of pyridine rings is 1. The zero-order chi connectivity index (χ0) is 16.3. The van der Waals surface area contributed by atoms with Gasteiger partial charge in [-0.05, 0) is 49.5 Å². The fraction of sp³-hybridized carbons (Fsp3) is 0.176. The second-order valence-electron chi connectivity index (χ2n) is 5.12. The molecule has 0 aliphatic rings. The third-order valence-corrected chi connectivity index (χ3v) is 3.17. The summed E-state index contributed by atoms with van der Waals surface area (Å²) in [7, 11) is 3.71. The molecule has 0 fully saturated rings. The minimum absolute atomic E-state index is 0.0630. The highest BCUT2D eigenvalue weighted by atomic mass is 19.1. The molecule has 0 unspecified atom stereocenters. The number of aromatic nitrogens is 1. The predicted molar refractivity (Wildman–Crippen MR) is 84.2 cm³/mol. The molecule has 4 nitrogen and oxygen atoms in total. The van der Waals surface area contributed by atoms with Crippen LogP contribution in [0.15, 0.2) is 41.3 Å². The number of halogens is 1. The Morgan fingerprint density at radius 1 is 1.27 bits per heavy atom. The Morgan fingerprint density at radius 2 is 1.91 bits per heavy atom. The summed E-state index contributed by atoms with van der Waals surface area (Å²) in [5.74, 6) is -0.375. The molecule has 2 rings (SSSR count). The number of benzene rings is 1. The van der Waals surface area contributed by atoms with E-state index >= 15 is 0 Å². The largest absolute Gasteiger partial charge is 0.383 e. The van der Waals surface area contributed by atoms with Crippen molar-refractivity contribution in [3.8, 4) is 11.8 Å². The monoisotopic (exact) mass is 297 g/mol. The Morgan fingerprint density at radius 3 is 2.45 bits per heavy atom. The van der Waals surface area contributed by atoms with Gasteiger partial charge >= 0.3 is 0 Å². The second-order valence-corrected chi connectivity index (χ2v) is 5.12. The van der Waals surface area contributed by atoms with Gasteiger partial charge in [0.05, 0.1) is 0 Å². The summed E-state index contributed by atoms with van der Waals surface area (Å²) in [5, 5.41) is 9.30. The third-order valence-electron chi connectivity index (χ3n) is 3.17. The van der Waals surface area contributed by atoms with E-state index in [1.54, 1.807) is 25.3 Å². The zero-order valence-electron chi connectivity index (χ0n) is 12.7. The Bertz CT molecular complexity index is 812. The second kappa shape index (κ2) is 6.27. The van der Waals surface area contributed by atoms with Crippen molar-refractivity contribution in [3.05, 3.63) is 69.5 Å². The Labute approximate surface area is 128 Å². The fourth-order valence-electron chi connectivity index (χ4n) is 2.14. The van der Waals surface area contributed by atoms with Crippen LogP contribution in [-0.2, 0) is 0 Å². The van der Waals surface area contributed by atoms with Gasteiger partial charge in [-0.25, -0.2) is 4.39 Å². The third kappa shape index (κ3) is 3.07. The van der Waals surface area contributed by atoms with Crippen molar-refractivity contribution in [1.82, 2.24) is 9.47 Å². The molecule has 0 amide bonds. The van der Waals surface area contributed by atoms with Gasteiger partial charge in [-0.15, -0.1) is 0 Å². The number of aryl methyl sites for hydroxylation is 1. The van der Waals surface area contributed by atoms with Crippen molar-refractivity contribution in [1.29, 1.82) is 5.26 Å². The highest BCUT2D eigenvalue weighted by molar-refractivity contribution is 5.58. The van der Waals surface area contributed by atoms with Crippen LogP contribution in [0.25, 0.3) is 11.8 Å². The molecule has 1 aromatic heterocycles. The topological polar surface area (TPSA) is 49.0 Å². The van der Waals surface area contributed by atoms with Crippen LogP contribution < -0.4 is 5.56 Å². The molecule has 0 saturated carbocycles. The molecule has 0 radical (unpaired) electrons. The van der Waals surface area contributed by atoms with E-state index in [4.69, 9.17) is 0 Å². The summed E-state index contributed by atoms with van der Waals surface area (Å²) in [6.07, 6.45) is 3.50. The summed E-state index contributed by atoms with van der Waals surface area (Å²) in [4.78, 5) is 14.4. The van der Waals surface area contributed by atoms with Gasteiger partial charge in [0.2, 0.25) is 0 Å². The normalized spacial score (nSPS) is 10.7. The first-order valence-corrected chi connectivity index (χ1v) is 6.71. The SMILES string of the molecule is Cc1cc(/C=C/N(C)C)c(C#N)c(=O)n1-c1ccc(F)cc1. The first-order chi connectivity index (χ1) is 10.4. The van der Waals surface area contributed by atoms with Crippen LogP contribution in [0.3, 0.4) is 0 Å². The van der Waals surface area contributed by atoms with E-state index < -0.39 is 5.56 Å². The molecule has 0 aliphatic carbocycles. The molecule has 0 spiro atoms. The maximum atomic E-state index is 13.0. The zero-order valence-corrected chi connectivity index (χ0v) is 12.7. The van der Waals surface area contributed by atoms with E-state index in [9.17, 15) is 14.4 Å². The lowest BCUT2D eigenvalue weighted by Gasteiger charge is -2.12. The van der Waals surface area contributed by atoms with Gasteiger partial charge in [-0.2, -0.15) is 5.26 Å². The van der Waals surface area contributed by atoms with Crippen LogP contribution in [0.1, 0.15) is 16.8 Å². The highest BCUT2D eigenvalue weighted by Gasteiger charge is 2.12. The molecule has 1 heterocycles. The van der Waals surface area contributed by atoms with Gasteiger partial charge in [0, 0.05) is 31.0 Å². The molecule has 0 N–H and O–H groups in total. The maximum absolute atomic E-state index is 13.0. The van der Waals surface area contributed by atoms with E-state index in [-0.39, 0.29) is 11.4 Å². The molecular formula is C17H16FN3O. The van der Waals surface area contributed by atoms with E-state index in [2.05, 4.69) is 0 Å². The van der Waals surface area contributed by atoms with Gasteiger partial charge in [0.25, 0.3) is 5.56 Å². The molecule has 0 aliphatic heterocycles. The Hall–Kier alpha value is -2.87. The minimum Gasteiger partial charge on any atom is -0.383 e. The lowest BCUT2D eigenvalue weighted by atomic mass is 10.1. The molecule has 1 aromatic carbocycles. The predicted octanol–water partition coefficient (Wildman–Crippen LogP) is 2.69. The van der Waals surface area contributed by atoms with Crippen LogP contribution in [0.5, 0.6) is 0 Å². The molecule has 0 bridgehead atoms. The summed E-state index contributed by atoms with van der Waals surface area (Å²) in [6, 6.07) is 9.32. The standard InChI is InChI=1S/C17H16FN3O/c1-12-10-13(8-9-20(2)3)16(11-19)17(22)21(12)15-6-4-14(18)5-7-15/h4-10H,1-3H3/b9-8+. The minimum atomic E-state index is -0.410. The highest BCUT2D eigenvalue weighted by Crippen LogP contribution is 2.14. The quantitative estimate of drug-likeness (QED) is 0.875. The van der Waals surface area contributed by atoms with Crippen molar-refractivity contribution in [2.75, 3.05) is 14.1 Å². The van der Waals surface area contributed by atoms with Crippen molar-refractivity contribution < 1.29 is 4.39 Å². The Balaban J connectivity index is 2.66. The summed E-state index contributed by atoms with van der Waals surface area (Å²) >= 11 is 0. The number of hydrogen-bond donors (Lipinski definition) is 0. The molecule has 5 heteroatoms. The first-order valence-electron chi connectivity index (χ1n) is 6.71. The molecule has 112 valence electrons. The summed E-state index contributed by atoms with van der Waals surface area (Å²) in [5.41, 5.74) is 1.43. The van der Waals surface area contributed by atoms with E-state index in [0.717, 1.165) is 0 Å². The van der Waals surface area contributed by atoms with Gasteiger partial charge in [0.1, 0.15) is 17.4 Å². The maximum Gasteiger partial charge on any atom is 0.273 e. The molecule has 0 saturated heterocycles. The van der Waals surface area contributed by atoms with Gasteiger partial charge < -0.3 is 4.90 Å². The molecule has 22 heavy (non-hydrogen) atoms. The molecule has 2 aromatic rings. The average molecular weight is 297 g/mol.